The van der Waals surface area contributed by atoms with Crippen molar-refractivity contribution in [3.8, 4) is 0 Å². The molecule has 0 saturated carbocycles. The summed E-state index contributed by atoms with van der Waals surface area (Å²) in [5.41, 5.74) is -0.398. The molecule has 6 nitrogen and oxygen atoms in total. The Morgan fingerprint density at radius 2 is 1.95 bits per heavy atom. The van der Waals surface area contributed by atoms with E-state index < -0.39 is 31.5 Å². The van der Waals surface area contributed by atoms with Gasteiger partial charge in [-0.2, -0.15) is 0 Å². The molecule has 1 aromatic carbocycles. The van der Waals surface area contributed by atoms with Gasteiger partial charge in [0.1, 0.15) is 10.7 Å². The van der Waals surface area contributed by atoms with E-state index in [1.165, 1.54) is 12.3 Å². The quantitative estimate of drug-likeness (QED) is 0.887. The van der Waals surface area contributed by atoms with E-state index in [4.69, 9.17) is 28.3 Å². The van der Waals surface area contributed by atoms with Gasteiger partial charge in [-0.25, -0.2) is 18.2 Å². The number of anilines is 1. The average molecular weight is 347 g/mol. The molecule has 2 N–H and O–H groups in total. The number of carboxylic acids is 1. The molecule has 0 spiro atoms. The molecule has 0 fully saturated rings. The minimum atomic E-state index is -4.11. The second-order valence-electron chi connectivity index (χ2n) is 3.89. The van der Waals surface area contributed by atoms with Crippen LogP contribution in [0.5, 0.6) is 0 Å². The van der Waals surface area contributed by atoms with E-state index in [0.29, 0.717) is 0 Å². The molecule has 2 aromatic rings. The molecule has 1 aromatic heterocycles. The van der Waals surface area contributed by atoms with Gasteiger partial charge in [0.15, 0.2) is 0 Å². The van der Waals surface area contributed by atoms with Crippen molar-refractivity contribution in [2.45, 2.75) is 4.90 Å². The molecule has 9 heteroatoms. The molecule has 0 saturated heterocycles. The van der Waals surface area contributed by atoms with Crippen molar-refractivity contribution in [1.29, 1.82) is 0 Å². The van der Waals surface area contributed by atoms with Crippen molar-refractivity contribution in [2.75, 3.05) is 4.72 Å². The third-order valence-electron chi connectivity index (χ3n) is 2.43. The fourth-order valence-corrected chi connectivity index (χ4v) is 3.44. The summed E-state index contributed by atoms with van der Waals surface area (Å²) < 4.78 is 26.7. The summed E-state index contributed by atoms with van der Waals surface area (Å²) in [6.07, 6.45) is 1.40. The summed E-state index contributed by atoms with van der Waals surface area (Å²) in [5, 5.41) is 8.52. The second kappa shape index (κ2) is 5.88. The minimum absolute atomic E-state index is 0.0572. The van der Waals surface area contributed by atoms with Crippen LogP contribution in [0.25, 0.3) is 0 Å². The number of hydrogen-bond acceptors (Lipinski definition) is 4. The van der Waals surface area contributed by atoms with E-state index in [9.17, 15) is 13.2 Å². The predicted octanol–water partition coefficient (Wildman–Crippen LogP) is 2.89. The Morgan fingerprint density at radius 3 is 2.52 bits per heavy atom. The van der Waals surface area contributed by atoms with Gasteiger partial charge in [-0.1, -0.05) is 29.3 Å². The molecule has 0 amide bonds. The van der Waals surface area contributed by atoms with E-state index in [2.05, 4.69) is 9.71 Å². The van der Waals surface area contributed by atoms with Crippen molar-refractivity contribution in [3.63, 3.8) is 0 Å². The van der Waals surface area contributed by atoms with E-state index in [-0.39, 0.29) is 10.8 Å². The van der Waals surface area contributed by atoms with E-state index in [1.54, 1.807) is 12.1 Å². The Balaban J connectivity index is 2.53. The second-order valence-corrected chi connectivity index (χ2v) is 6.36. The third kappa shape index (κ3) is 3.44. The lowest BCUT2D eigenvalue weighted by Crippen LogP contribution is -2.15. The molecule has 0 aliphatic heterocycles. The monoisotopic (exact) mass is 346 g/mol. The zero-order valence-electron chi connectivity index (χ0n) is 10.2. The number of sulfonamides is 1. The summed E-state index contributed by atoms with van der Waals surface area (Å²) in [6.45, 7) is 0. The molecule has 0 unspecified atom stereocenters. The van der Waals surface area contributed by atoms with E-state index in [1.807, 2.05) is 0 Å². The van der Waals surface area contributed by atoms with Gasteiger partial charge in [0.05, 0.1) is 10.6 Å². The third-order valence-corrected chi connectivity index (χ3v) is 4.54. The molecule has 0 radical (unpaired) electrons. The largest absolute Gasteiger partial charge is 0.478 e. The smallest absolute Gasteiger partial charge is 0.337 e. The predicted molar refractivity (Wildman–Crippen MR) is 78.5 cm³/mol. The lowest BCUT2D eigenvalue weighted by atomic mass is 10.2. The fraction of sp³-hybridized carbons (Fsp3) is 0. The number of rotatable bonds is 4. The van der Waals surface area contributed by atoms with Crippen LogP contribution in [0.15, 0.2) is 41.4 Å². The first-order valence-electron chi connectivity index (χ1n) is 5.47. The summed E-state index contributed by atoms with van der Waals surface area (Å²) in [5.74, 6) is -1.30. The first-order valence-corrected chi connectivity index (χ1v) is 7.71. The van der Waals surface area contributed by atoms with Crippen molar-refractivity contribution >= 4 is 45.0 Å². The summed E-state index contributed by atoms with van der Waals surface area (Å²) in [4.78, 5) is 14.4. The van der Waals surface area contributed by atoms with Gasteiger partial charge < -0.3 is 5.11 Å². The van der Waals surface area contributed by atoms with Crippen LogP contribution in [0.2, 0.25) is 10.0 Å². The SMILES string of the molecule is O=C(O)c1cc(Cl)cc(S(=O)(=O)Nc2ccccn2)c1Cl. The molecule has 0 aliphatic rings. The zero-order chi connectivity index (χ0) is 15.6. The van der Waals surface area contributed by atoms with Gasteiger partial charge in [-0.05, 0) is 24.3 Å². The number of hydrogen-bond donors (Lipinski definition) is 2. The zero-order valence-corrected chi connectivity index (χ0v) is 12.6. The normalized spacial score (nSPS) is 11.1. The highest BCUT2D eigenvalue weighted by molar-refractivity contribution is 7.92. The number of carbonyl (C=O) groups is 1. The van der Waals surface area contributed by atoms with E-state index in [0.717, 1.165) is 12.1 Å². The van der Waals surface area contributed by atoms with Crippen molar-refractivity contribution in [3.05, 3.63) is 52.1 Å². The van der Waals surface area contributed by atoms with Gasteiger partial charge >= 0.3 is 5.97 Å². The maximum absolute atomic E-state index is 12.3. The van der Waals surface area contributed by atoms with Crippen LogP contribution in [-0.2, 0) is 10.0 Å². The number of carboxylic acid groups (broad SMARTS) is 1. The molecular formula is C12H8Cl2N2O4S. The van der Waals surface area contributed by atoms with Crippen LogP contribution in [-0.4, -0.2) is 24.5 Å². The highest BCUT2D eigenvalue weighted by Crippen LogP contribution is 2.30. The molecule has 2 rings (SSSR count). The number of aromatic nitrogens is 1. The molecule has 1 heterocycles. The topological polar surface area (TPSA) is 96.4 Å². The van der Waals surface area contributed by atoms with Crippen LogP contribution in [0.4, 0.5) is 5.82 Å². The molecule has 110 valence electrons. The van der Waals surface area contributed by atoms with Crippen molar-refractivity contribution in [1.82, 2.24) is 4.98 Å². The van der Waals surface area contributed by atoms with Crippen LogP contribution < -0.4 is 4.72 Å². The van der Waals surface area contributed by atoms with Crippen LogP contribution in [0.3, 0.4) is 0 Å². The van der Waals surface area contributed by atoms with Gasteiger partial charge in [0.25, 0.3) is 10.0 Å². The van der Waals surface area contributed by atoms with Gasteiger partial charge in [-0.3, -0.25) is 4.72 Å². The maximum Gasteiger partial charge on any atom is 0.337 e. The number of nitrogens with one attached hydrogen (secondary N) is 1. The summed E-state index contributed by atoms with van der Waals surface area (Å²) >= 11 is 11.6. The standard InChI is InChI=1S/C12H8Cl2N2O4S/c13-7-5-8(12(17)18)11(14)9(6-7)21(19,20)16-10-3-1-2-4-15-10/h1-6H,(H,15,16)(H,17,18). The van der Waals surface area contributed by atoms with Gasteiger partial charge in [0.2, 0.25) is 0 Å². The Morgan fingerprint density at radius 1 is 1.24 bits per heavy atom. The Labute approximate surface area is 130 Å². The van der Waals surface area contributed by atoms with E-state index >= 15 is 0 Å². The number of nitrogens with zero attached hydrogens (tertiary/aromatic N) is 1. The van der Waals surface area contributed by atoms with Gasteiger partial charge in [-0.15, -0.1) is 0 Å². The summed E-state index contributed by atoms with van der Waals surface area (Å²) in [6, 6.07) is 6.79. The molecule has 0 aliphatic carbocycles. The fourth-order valence-electron chi connectivity index (χ4n) is 1.53. The first kappa shape index (κ1) is 15.6. The Bertz CT molecular complexity index is 794. The average Bonchev–Trinajstić information content (AvgIpc) is 2.41. The highest BCUT2D eigenvalue weighted by Gasteiger charge is 2.24. The molecular weight excluding hydrogens is 339 g/mol. The number of halogens is 2. The Hall–Kier alpha value is -1.83. The molecule has 21 heavy (non-hydrogen) atoms. The number of benzene rings is 1. The Kier molecular flexibility index (Phi) is 4.36. The highest BCUT2D eigenvalue weighted by atomic mass is 35.5. The lowest BCUT2D eigenvalue weighted by molar-refractivity contribution is 0.0697. The lowest BCUT2D eigenvalue weighted by Gasteiger charge is -2.10. The number of pyridine rings is 1. The van der Waals surface area contributed by atoms with Gasteiger partial charge in [0, 0.05) is 11.2 Å². The van der Waals surface area contributed by atoms with Crippen molar-refractivity contribution < 1.29 is 18.3 Å². The minimum Gasteiger partial charge on any atom is -0.478 e. The maximum atomic E-state index is 12.3. The van der Waals surface area contributed by atoms with Crippen LogP contribution >= 0.6 is 23.2 Å². The molecule has 0 atom stereocenters. The summed E-state index contributed by atoms with van der Waals surface area (Å²) in [7, 11) is -4.11. The number of aromatic carboxylic acids is 1. The van der Waals surface area contributed by atoms with Crippen molar-refractivity contribution in [2.24, 2.45) is 0 Å². The first-order chi connectivity index (χ1) is 9.81. The van der Waals surface area contributed by atoms with Crippen LogP contribution in [0.1, 0.15) is 10.4 Å². The van der Waals surface area contributed by atoms with Crippen LogP contribution in [0, 0.1) is 0 Å². The molecule has 0 bridgehead atoms.